The van der Waals surface area contributed by atoms with Crippen LogP contribution in [0.5, 0.6) is 0 Å². The molecule has 0 aromatic heterocycles. The van der Waals surface area contributed by atoms with Gasteiger partial charge in [0.05, 0.1) is 6.61 Å². The van der Waals surface area contributed by atoms with Crippen LogP contribution in [0, 0.1) is 5.92 Å². The van der Waals surface area contributed by atoms with Crippen LogP contribution in [-0.4, -0.2) is 44.2 Å². The van der Waals surface area contributed by atoms with Crippen molar-refractivity contribution in [3.05, 3.63) is 29.8 Å². The lowest BCUT2D eigenvalue weighted by Crippen LogP contribution is -2.39. The zero-order valence-corrected chi connectivity index (χ0v) is 14.0. The van der Waals surface area contributed by atoms with Gasteiger partial charge in [-0.1, -0.05) is 32.0 Å². The van der Waals surface area contributed by atoms with E-state index in [2.05, 4.69) is 30.1 Å². The fraction of sp³-hybridized carbons (Fsp3) is 0.611. The lowest BCUT2D eigenvalue weighted by molar-refractivity contribution is -0.121. The molecular weight excluding hydrogens is 276 g/mol. The highest BCUT2D eigenvalue weighted by Crippen LogP contribution is 2.25. The normalized spacial score (nSPS) is 16.9. The van der Waals surface area contributed by atoms with E-state index in [1.165, 1.54) is 5.56 Å². The minimum Gasteiger partial charge on any atom is -0.383 e. The average molecular weight is 304 g/mol. The van der Waals surface area contributed by atoms with E-state index in [-0.39, 0.29) is 11.8 Å². The molecule has 0 spiro atoms. The van der Waals surface area contributed by atoms with Gasteiger partial charge in [0.15, 0.2) is 0 Å². The van der Waals surface area contributed by atoms with Crippen molar-refractivity contribution in [2.45, 2.75) is 32.6 Å². The van der Waals surface area contributed by atoms with Crippen LogP contribution in [0.3, 0.4) is 0 Å². The van der Waals surface area contributed by atoms with Gasteiger partial charge in [-0.2, -0.15) is 0 Å². The largest absolute Gasteiger partial charge is 0.383 e. The maximum absolute atomic E-state index is 12.5. The number of likely N-dealkylation sites (tertiary alicyclic amines) is 1. The number of nitrogens with one attached hydrogen (secondary N) is 1. The van der Waals surface area contributed by atoms with E-state index in [1.54, 1.807) is 7.11 Å². The van der Waals surface area contributed by atoms with E-state index in [4.69, 9.17) is 4.74 Å². The van der Waals surface area contributed by atoms with Crippen LogP contribution in [-0.2, 0) is 9.53 Å². The molecule has 1 aromatic carbocycles. The first kappa shape index (κ1) is 17.0. The van der Waals surface area contributed by atoms with Crippen LogP contribution in [0.25, 0.3) is 0 Å². The monoisotopic (exact) mass is 304 g/mol. The molecule has 0 saturated carbocycles. The first-order chi connectivity index (χ1) is 10.6. The van der Waals surface area contributed by atoms with E-state index < -0.39 is 0 Å². The van der Waals surface area contributed by atoms with Crippen molar-refractivity contribution in [3.8, 4) is 0 Å². The molecule has 1 N–H and O–H groups in total. The Bertz CT molecular complexity index is 480. The number of hydrogen-bond donors (Lipinski definition) is 1. The van der Waals surface area contributed by atoms with Crippen molar-refractivity contribution in [3.63, 3.8) is 0 Å². The third-order valence-corrected chi connectivity index (χ3v) is 4.41. The topological polar surface area (TPSA) is 41.6 Å². The fourth-order valence-corrected chi connectivity index (χ4v) is 2.99. The second-order valence-corrected chi connectivity index (χ2v) is 6.34. The molecule has 0 radical (unpaired) electrons. The lowest BCUT2D eigenvalue weighted by atomic mass is 9.95. The Labute approximate surface area is 133 Å². The Hall–Kier alpha value is -1.39. The average Bonchev–Trinajstić information content (AvgIpc) is 2.53. The maximum Gasteiger partial charge on any atom is 0.227 e. The summed E-state index contributed by atoms with van der Waals surface area (Å²) in [5, 5.41) is 3.14. The number of carbonyl (C=O) groups excluding carboxylic acids is 1. The quantitative estimate of drug-likeness (QED) is 0.878. The summed E-state index contributed by atoms with van der Waals surface area (Å²) in [6.45, 7) is 7.98. The standard InChI is InChI=1S/C18H28N2O2/c1-14(2)16-6-4-5-7-17(16)19-18(21)15-8-10-20(11-9-15)12-13-22-3/h4-7,14-15H,8-13H2,1-3H3,(H,19,21). The van der Waals surface area contributed by atoms with Gasteiger partial charge in [0, 0.05) is 25.3 Å². The first-order valence-corrected chi connectivity index (χ1v) is 8.23. The SMILES string of the molecule is COCCN1CCC(C(=O)Nc2ccccc2C(C)C)CC1. The van der Waals surface area contributed by atoms with E-state index in [0.717, 1.165) is 44.8 Å². The van der Waals surface area contributed by atoms with Crippen molar-refractivity contribution >= 4 is 11.6 Å². The molecule has 4 nitrogen and oxygen atoms in total. The third-order valence-electron chi connectivity index (χ3n) is 4.41. The number of carbonyl (C=O) groups is 1. The molecule has 0 unspecified atom stereocenters. The lowest BCUT2D eigenvalue weighted by Gasteiger charge is -2.31. The van der Waals surface area contributed by atoms with E-state index >= 15 is 0 Å². The molecule has 4 heteroatoms. The number of hydrogen-bond acceptors (Lipinski definition) is 3. The molecule has 1 aliphatic rings. The first-order valence-electron chi connectivity index (χ1n) is 8.23. The number of benzene rings is 1. The second kappa shape index (κ2) is 8.30. The predicted molar refractivity (Wildman–Crippen MR) is 90.2 cm³/mol. The summed E-state index contributed by atoms with van der Waals surface area (Å²) >= 11 is 0. The minimum atomic E-state index is 0.124. The summed E-state index contributed by atoms with van der Waals surface area (Å²) in [4.78, 5) is 14.9. The summed E-state index contributed by atoms with van der Waals surface area (Å²) in [7, 11) is 1.73. The van der Waals surface area contributed by atoms with Gasteiger partial charge in [-0.15, -0.1) is 0 Å². The highest BCUT2D eigenvalue weighted by atomic mass is 16.5. The molecule has 1 heterocycles. The number of para-hydroxylation sites is 1. The summed E-state index contributed by atoms with van der Waals surface area (Å²) in [5.74, 6) is 0.700. The molecule has 2 rings (SSSR count). The van der Waals surface area contributed by atoms with Crippen molar-refractivity contribution in [2.24, 2.45) is 5.92 Å². The molecule has 1 aliphatic heterocycles. The van der Waals surface area contributed by atoms with Gasteiger partial charge < -0.3 is 15.0 Å². The molecule has 0 atom stereocenters. The van der Waals surface area contributed by atoms with Gasteiger partial charge in [-0.05, 0) is 43.5 Å². The van der Waals surface area contributed by atoms with E-state index in [1.807, 2.05) is 18.2 Å². The van der Waals surface area contributed by atoms with Gasteiger partial charge in [0.2, 0.25) is 5.91 Å². The molecule has 0 bridgehead atoms. The number of amides is 1. The molecule has 122 valence electrons. The molecule has 0 aliphatic carbocycles. The number of methoxy groups -OCH3 is 1. The fourth-order valence-electron chi connectivity index (χ4n) is 2.99. The van der Waals surface area contributed by atoms with Gasteiger partial charge >= 0.3 is 0 Å². The number of anilines is 1. The van der Waals surface area contributed by atoms with Gasteiger partial charge in [0.25, 0.3) is 0 Å². The summed E-state index contributed by atoms with van der Waals surface area (Å²) < 4.78 is 5.11. The Balaban J connectivity index is 1.89. The Kier molecular flexibility index (Phi) is 6.40. The van der Waals surface area contributed by atoms with Crippen LogP contribution in [0.2, 0.25) is 0 Å². The zero-order valence-electron chi connectivity index (χ0n) is 14.0. The predicted octanol–water partition coefficient (Wildman–Crippen LogP) is 3.11. The Morgan fingerprint density at radius 3 is 2.64 bits per heavy atom. The summed E-state index contributed by atoms with van der Waals surface area (Å²) in [5.41, 5.74) is 2.16. The van der Waals surface area contributed by atoms with Crippen LogP contribution in [0.15, 0.2) is 24.3 Å². The van der Waals surface area contributed by atoms with Crippen LogP contribution in [0.1, 0.15) is 38.2 Å². The zero-order chi connectivity index (χ0) is 15.9. The number of piperidine rings is 1. The maximum atomic E-state index is 12.5. The van der Waals surface area contributed by atoms with Gasteiger partial charge in [-0.3, -0.25) is 4.79 Å². The van der Waals surface area contributed by atoms with Gasteiger partial charge in [-0.25, -0.2) is 0 Å². The molecule has 1 fully saturated rings. The highest BCUT2D eigenvalue weighted by Gasteiger charge is 2.25. The minimum absolute atomic E-state index is 0.124. The summed E-state index contributed by atoms with van der Waals surface area (Å²) in [6, 6.07) is 8.10. The van der Waals surface area contributed by atoms with Crippen molar-refractivity contribution < 1.29 is 9.53 Å². The van der Waals surface area contributed by atoms with E-state index in [9.17, 15) is 4.79 Å². The molecule has 1 aromatic rings. The highest BCUT2D eigenvalue weighted by molar-refractivity contribution is 5.93. The van der Waals surface area contributed by atoms with Crippen molar-refractivity contribution in [2.75, 3.05) is 38.7 Å². The number of nitrogens with zero attached hydrogens (tertiary/aromatic N) is 1. The van der Waals surface area contributed by atoms with Crippen LogP contribution < -0.4 is 5.32 Å². The molecule has 22 heavy (non-hydrogen) atoms. The molecular formula is C18H28N2O2. The number of ether oxygens (including phenoxy) is 1. The van der Waals surface area contributed by atoms with Crippen LogP contribution >= 0.6 is 0 Å². The van der Waals surface area contributed by atoms with E-state index in [0.29, 0.717) is 5.92 Å². The number of rotatable bonds is 6. The summed E-state index contributed by atoms with van der Waals surface area (Å²) in [6.07, 6.45) is 1.86. The second-order valence-electron chi connectivity index (χ2n) is 6.34. The van der Waals surface area contributed by atoms with Crippen molar-refractivity contribution in [1.82, 2.24) is 4.90 Å². The third kappa shape index (κ3) is 4.55. The smallest absolute Gasteiger partial charge is 0.227 e. The molecule has 1 saturated heterocycles. The Morgan fingerprint density at radius 1 is 1.32 bits per heavy atom. The Morgan fingerprint density at radius 2 is 2.00 bits per heavy atom. The van der Waals surface area contributed by atoms with Crippen molar-refractivity contribution in [1.29, 1.82) is 0 Å². The van der Waals surface area contributed by atoms with Gasteiger partial charge in [0.1, 0.15) is 0 Å². The van der Waals surface area contributed by atoms with Crippen LogP contribution in [0.4, 0.5) is 5.69 Å². The molecule has 1 amide bonds.